The molecule has 1 heterocycles. The third-order valence-corrected chi connectivity index (χ3v) is 3.20. The second-order valence-corrected chi connectivity index (χ2v) is 5.32. The Bertz CT molecular complexity index is 588. The fourth-order valence-electron chi connectivity index (χ4n) is 1.97. The molecule has 1 aromatic heterocycles. The molecule has 0 aliphatic rings. The lowest BCUT2D eigenvalue weighted by atomic mass is 10.1. The molecule has 98 valence electrons. The molecule has 2 rings (SSSR count). The maximum absolute atomic E-state index is 10.8. The average molecular weight is 320 g/mol. The number of ether oxygens (including phenoxy) is 1. The van der Waals surface area contributed by atoms with Gasteiger partial charge in [0.25, 0.3) is 0 Å². The number of nitrogens with zero attached hydrogens (tertiary/aromatic N) is 1. The quantitative estimate of drug-likeness (QED) is 0.803. The summed E-state index contributed by atoms with van der Waals surface area (Å²) in [6.07, 6.45) is 4.36. The molecule has 0 saturated heterocycles. The van der Waals surface area contributed by atoms with Crippen LogP contribution >= 0.6 is 15.9 Å². The molecule has 0 bridgehead atoms. The van der Waals surface area contributed by atoms with E-state index in [0.717, 1.165) is 33.2 Å². The first-order chi connectivity index (χ1) is 9.10. The Morgan fingerprint density at radius 2 is 1.89 bits per heavy atom. The minimum atomic E-state index is 0.453. The summed E-state index contributed by atoms with van der Waals surface area (Å²) in [7, 11) is 0. The van der Waals surface area contributed by atoms with Crippen LogP contribution in [-0.4, -0.2) is 11.3 Å². The number of carbonyl (C=O) groups excluding carboxylic acids is 1. The van der Waals surface area contributed by atoms with Crippen LogP contribution in [0.25, 0.3) is 0 Å². The Morgan fingerprint density at radius 3 is 2.47 bits per heavy atom. The normalized spacial score (nSPS) is 10.3. The molecule has 0 unspecified atom stereocenters. The van der Waals surface area contributed by atoms with E-state index in [2.05, 4.69) is 20.9 Å². The van der Waals surface area contributed by atoms with Crippen LogP contribution in [-0.2, 0) is 6.61 Å². The predicted octanol–water partition coefficient (Wildman–Crippen LogP) is 3.85. The van der Waals surface area contributed by atoms with E-state index in [0.29, 0.717) is 12.2 Å². The first-order valence-corrected chi connectivity index (χ1v) is 6.68. The van der Waals surface area contributed by atoms with E-state index in [1.54, 1.807) is 12.4 Å². The van der Waals surface area contributed by atoms with Gasteiger partial charge in [0.1, 0.15) is 18.6 Å². The van der Waals surface area contributed by atoms with Crippen molar-refractivity contribution in [3.63, 3.8) is 0 Å². The van der Waals surface area contributed by atoms with Crippen molar-refractivity contribution in [1.82, 2.24) is 4.98 Å². The first kappa shape index (κ1) is 13.7. The molecule has 2 aromatic rings. The van der Waals surface area contributed by atoms with Gasteiger partial charge in [0.2, 0.25) is 0 Å². The number of pyridine rings is 1. The molecule has 0 spiro atoms. The minimum absolute atomic E-state index is 0.453. The number of hydrogen-bond donors (Lipinski definition) is 0. The standard InChI is InChI=1S/C15H14BrNO2/c1-10-3-12(8-18)4-11(2)15(10)19-9-13-5-14(16)7-17-6-13/h3-8H,9H2,1-2H3. The summed E-state index contributed by atoms with van der Waals surface area (Å²) in [5.74, 6) is 0.825. The third-order valence-electron chi connectivity index (χ3n) is 2.76. The van der Waals surface area contributed by atoms with Crippen molar-refractivity contribution in [2.24, 2.45) is 0 Å². The van der Waals surface area contributed by atoms with Gasteiger partial charge in [0.15, 0.2) is 0 Å². The van der Waals surface area contributed by atoms with Crippen LogP contribution in [0.2, 0.25) is 0 Å². The second kappa shape index (κ2) is 5.97. The van der Waals surface area contributed by atoms with Crippen LogP contribution in [0.15, 0.2) is 35.1 Å². The monoisotopic (exact) mass is 319 g/mol. The SMILES string of the molecule is Cc1cc(C=O)cc(C)c1OCc1cncc(Br)c1. The van der Waals surface area contributed by atoms with Crippen molar-refractivity contribution in [2.45, 2.75) is 20.5 Å². The van der Waals surface area contributed by atoms with E-state index in [9.17, 15) is 4.79 Å². The fourth-order valence-corrected chi connectivity index (χ4v) is 2.38. The van der Waals surface area contributed by atoms with Gasteiger partial charge in [-0.1, -0.05) is 0 Å². The number of aryl methyl sites for hydroxylation is 2. The molecule has 0 aliphatic heterocycles. The Balaban J connectivity index is 2.18. The molecule has 3 nitrogen and oxygen atoms in total. The Morgan fingerprint density at radius 1 is 1.21 bits per heavy atom. The summed E-state index contributed by atoms with van der Waals surface area (Å²) in [5.41, 5.74) is 3.59. The molecule has 4 heteroatoms. The zero-order valence-corrected chi connectivity index (χ0v) is 12.4. The lowest BCUT2D eigenvalue weighted by molar-refractivity contribution is 0.112. The van der Waals surface area contributed by atoms with E-state index in [1.165, 1.54) is 0 Å². The molecule has 0 aliphatic carbocycles. The van der Waals surface area contributed by atoms with Crippen molar-refractivity contribution in [1.29, 1.82) is 0 Å². The van der Waals surface area contributed by atoms with E-state index in [-0.39, 0.29) is 0 Å². The van der Waals surface area contributed by atoms with Crippen LogP contribution in [0.5, 0.6) is 5.75 Å². The van der Waals surface area contributed by atoms with Gasteiger partial charge in [0, 0.05) is 28.0 Å². The highest BCUT2D eigenvalue weighted by molar-refractivity contribution is 9.10. The maximum Gasteiger partial charge on any atom is 0.150 e. The van der Waals surface area contributed by atoms with Gasteiger partial charge in [-0.2, -0.15) is 0 Å². The Hall–Kier alpha value is -1.68. The van der Waals surface area contributed by atoms with Crippen molar-refractivity contribution in [3.8, 4) is 5.75 Å². The Kier molecular flexibility index (Phi) is 4.32. The largest absolute Gasteiger partial charge is 0.488 e. The number of halogens is 1. The second-order valence-electron chi connectivity index (χ2n) is 4.40. The van der Waals surface area contributed by atoms with Crippen LogP contribution < -0.4 is 4.74 Å². The third kappa shape index (κ3) is 3.41. The molecular weight excluding hydrogens is 306 g/mol. The van der Waals surface area contributed by atoms with Gasteiger partial charge in [-0.15, -0.1) is 0 Å². The highest BCUT2D eigenvalue weighted by Crippen LogP contribution is 2.25. The van der Waals surface area contributed by atoms with Crippen LogP contribution in [0.4, 0.5) is 0 Å². The molecule has 0 radical (unpaired) electrons. The number of aromatic nitrogens is 1. The summed E-state index contributed by atoms with van der Waals surface area (Å²) in [6.45, 7) is 4.33. The molecule has 1 aromatic carbocycles. The van der Waals surface area contributed by atoms with E-state index in [1.807, 2.05) is 32.0 Å². The molecule has 0 fully saturated rings. The highest BCUT2D eigenvalue weighted by Gasteiger charge is 2.07. The van der Waals surface area contributed by atoms with Gasteiger partial charge in [-0.3, -0.25) is 9.78 Å². The van der Waals surface area contributed by atoms with E-state index >= 15 is 0 Å². The van der Waals surface area contributed by atoms with E-state index < -0.39 is 0 Å². The number of aldehydes is 1. The fraction of sp³-hybridized carbons (Fsp3) is 0.200. The zero-order valence-electron chi connectivity index (χ0n) is 10.8. The minimum Gasteiger partial charge on any atom is -0.488 e. The van der Waals surface area contributed by atoms with Gasteiger partial charge < -0.3 is 4.74 Å². The van der Waals surface area contributed by atoms with E-state index in [4.69, 9.17) is 4.74 Å². The summed E-state index contributed by atoms with van der Waals surface area (Å²) < 4.78 is 6.76. The maximum atomic E-state index is 10.8. The summed E-state index contributed by atoms with van der Waals surface area (Å²) in [5, 5.41) is 0. The predicted molar refractivity (Wildman–Crippen MR) is 77.6 cm³/mol. The smallest absolute Gasteiger partial charge is 0.150 e. The van der Waals surface area contributed by atoms with Gasteiger partial charge in [-0.05, 0) is 59.1 Å². The summed E-state index contributed by atoms with van der Waals surface area (Å²) in [4.78, 5) is 14.9. The van der Waals surface area contributed by atoms with Gasteiger partial charge in [-0.25, -0.2) is 0 Å². The van der Waals surface area contributed by atoms with Crippen molar-refractivity contribution >= 4 is 22.2 Å². The topological polar surface area (TPSA) is 39.2 Å². The first-order valence-electron chi connectivity index (χ1n) is 5.89. The lowest BCUT2D eigenvalue weighted by Crippen LogP contribution is -2.00. The highest BCUT2D eigenvalue weighted by atomic mass is 79.9. The number of hydrogen-bond acceptors (Lipinski definition) is 3. The summed E-state index contributed by atoms with van der Waals surface area (Å²) in [6, 6.07) is 5.63. The van der Waals surface area contributed by atoms with Crippen LogP contribution in [0.1, 0.15) is 27.0 Å². The summed E-state index contributed by atoms with van der Waals surface area (Å²) >= 11 is 3.38. The lowest BCUT2D eigenvalue weighted by Gasteiger charge is -2.12. The van der Waals surface area contributed by atoms with Gasteiger partial charge >= 0.3 is 0 Å². The number of carbonyl (C=O) groups is 1. The van der Waals surface area contributed by atoms with Crippen LogP contribution in [0.3, 0.4) is 0 Å². The van der Waals surface area contributed by atoms with Crippen molar-refractivity contribution in [3.05, 3.63) is 57.3 Å². The molecule has 0 atom stereocenters. The van der Waals surface area contributed by atoms with Crippen LogP contribution in [0, 0.1) is 13.8 Å². The number of rotatable bonds is 4. The molecule has 0 saturated carbocycles. The zero-order chi connectivity index (χ0) is 13.8. The number of benzene rings is 1. The Labute approximate surface area is 120 Å². The van der Waals surface area contributed by atoms with Crippen molar-refractivity contribution < 1.29 is 9.53 Å². The molecule has 0 N–H and O–H groups in total. The molecule has 19 heavy (non-hydrogen) atoms. The molecule has 0 amide bonds. The molecular formula is C15H14BrNO2. The van der Waals surface area contributed by atoms with Gasteiger partial charge in [0.05, 0.1) is 0 Å². The van der Waals surface area contributed by atoms with Crippen molar-refractivity contribution in [2.75, 3.05) is 0 Å². The average Bonchev–Trinajstić information content (AvgIpc) is 2.37.